The van der Waals surface area contributed by atoms with Gasteiger partial charge in [0.1, 0.15) is 0 Å². The summed E-state index contributed by atoms with van der Waals surface area (Å²) in [5.41, 5.74) is 0.201. The van der Waals surface area contributed by atoms with Crippen molar-refractivity contribution >= 4 is 22.6 Å². The highest BCUT2D eigenvalue weighted by molar-refractivity contribution is 14.1. The van der Waals surface area contributed by atoms with Crippen molar-refractivity contribution in [3.05, 3.63) is 0 Å². The van der Waals surface area contributed by atoms with Crippen LogP contribution < -0.4 is 0 Å². The first-order valence-corrected chi connectivity index (χ1v) is 6.84. The van der Waals surface area contributed by atoms with E-state index in [0.717, 1.165) is 10.3 Å². The summed E-state index contributed by atoms with van der Waals surface area (Å²) in [5, 5.41) is 0. The van der Waals surface area contributed by atoms with Gasteiger partial charge in [-0.1, -0.05) is 42.4 Å². The van der Waals surface area contributed by atoms with Gasteiger partial charge >= 0.3 is 0 Å². The molecule has 0 amide bonds. The van der Waals surface area contributed by atoms with Gasteiger partial charge in [-0.2, -0.15) is 0 Å². The summed E-state index contributed by atoms with van der Waals surface area (Å²) in [6.07, 6.45) is 5.63. The van der Waals surface area contributed by atoms with Crippen LogP contribution in [0.5, 0.6) is 0 Å². The van der Waals surface area contributed by atoms with Crippen LogP contribution in [0.1, 0.15) is 46.5 Å². The zero-order valence-corrected chi connectivity index (χ0v) is 11.1. The minimum atomic E-state index is 0.201. The van der Waals surface area contributed by atoms with Gasteiger partial charge in [0.15, 0.2) is 0 Å². The molecule has 0 heterocycles. The van der Waals surface area contributed by atoms with Gasteiger partial charge < -0.3 is 4.74 Å². The lowest BCUT2D eigenvalue weighted by Gasteiger charge is -2.40. The van der Waals surface area contributed by atoms with Gasteiger partial charge in [-0.3, -0.25) is 0 Å². The Morgan fingerprint density at radius 3 is 2.69 bits per heavy atom. The molecule has 0 saturated heterocycles. The molecule has 1 aliphatic rings. The molecule has 0 aliphatic heterocycles. The summed E-state index contributed by atoms with van der Waals surface area (Å²) in [4.78, 5) is 0. The Kier molecular flexibility index (Phi) is 4.49. The number of halogens is 1. The van der Waals surface area contributed by atoms with E-state index in [-0.39, 0.29) is 5.60 Å². The number of alkyl halides is 1. The molecule has 2 atom stereocenters. The van der Waals surface area contributed by atoms with E-state index in [1.54, 1.807) is 0 Å². The first-order valence-electron chi connectivity index (χ1n) is 5.32. The first kappa shape index (κ1) is 11.8. The van der Waals surface area contributed by atoms with Crippen molar-refractivity contribution in [1.82, 2.24) is 0 Å². The van der Waals surface area contributed by atoms with E-state index in [1.807, 2.05) is 0 Å². The van der Waals surface area contributed by atoms with Gasteiger partial charge in [-0.05, 0) is 32.6 Å². The SMILES string of the molecule is CC1CCCC(CI)(OC(C)C)C1. The topological polar surface area (TPSA) is 9.23 Å². The molecule has 0 radical (unpaired) electrons. The van der Waals surface area contributed by atoms with Crippen LogP contribution in [-0.2, 0) is 4.74 Å². The molecule has 1 nitrogen and oxygen atoms in total. The fraction of sp³-hybridized carbons (Fsp3) is 1.00. The van der Waals surface area contributed by atoms with E-state index < -0.39 is 0 Å². The van der Waals surface area contributed by atoms with Crippen LogP contribution in [-0.4, -0.2) is 16.1 Å². The van der Waals surface area contributed by atoms with E-state index in [9.17, 15) is 0 Å². The summed E-state index contributed by atoms with van der Waals surface area (Å²) in [6.45, 7) is 6.64. The fourth-order valence-electron chi connectivity index (χ4n) is 2.37. The fourth-order valence-corrected chi connectivity index (χ4v) is 3.24. The van der Waals surface area contributed by atoms with Crippen LogP contribution >= 0.6 is 22.6 Å². The number of rotatable bonds is 3. The maximum Gasteiger partial charge on any atom is 0.0777 e. The van der Waals surface area contributed by atoms with Crippen molar-refractivity contribution < 1.29 is 4.74 Å². The van der Waals surface area contributed by atoms with Crippen molar-refractivity contribution in [2.24, 2.45) is 5.92 Å². The van der Waals surface area contributed by atoms with Crippen LogP contribution in [0, 0.1) is 5.92 Å². The van der Waals surface area contributed by atoms with E-state index in [2.05, 4.69) is 43.4 Å². The summed E-state index contributed by atoms with van der Waals surface area (Å²) < 4.78 is 7.24. The zero-order chi connectivity index (χ0) is 9.90. The Balaban J connectivity index is 2.56. The molecule has 1 rings (SSSR count). The number of hydrogen-bond donors (Lipinski definition) is 0. The molecular weight excluding hydrogens is 275 g/mol. The third-order valence-electron chi connectivity index (χ3n) is 2.78. The molecule has 2 unspecified atom stereocenters. The van der Waals surface area contributed by atoms with Gasteiger partial charge in [0.25, 0.3) is 0 Å². The lowest BCUT2D eigenvalue weighted by atomic mass is 9.80. The van der Waals surface area contributed by atoms with Gasteiger partial charge in [0, 0.05) is 4.43 Å². The second-order valence-corrected chi connectivity index (χ2v) is 5.45. The molecule has 1 fully saturated rings. The predicted molar refractivity (Wildman–Crippen MR) is 65.5 cm³/mol. The van der Waals surface area contributed by atoms with E-state index >= 15 is 0 Å². The maximum atomic E-state index is 6.09. The average Bonchev–Trinajstić information content (AvgIpc) is 2.03. The Morgan fingerprint density at radius 2 is 2.23 bits per heavy atom. The van der Waals surface area contributed by atoms with Crippen LogP contribution in [0.15, 0.2) is 0 Å². The van der Waals surface area contributed by atoms with Crippen LogP contribution in [0.3, 0.4) is 0 Å². The molecule has 0 bridgehead atoms. The number of hydrogen-bond acceptors (Lipinski definition) is 1. The van der Waals surface area contributed by atoms with E-state index in [1.165, 1.54) is 25.7 Å². The molecule has 1 aliphatic carbocycles. The molecule has 0 aromatic heterocycles. The highest BCUT2D eigenvalue weighted by atomic mass is 127. The zero-order valence-electron chi connectivity index (χ0n) is 8.98. The van der Waals surface area contributed by atoms with Crippen molar-refractivity contribution in [1.29, 1.82) is 0 Å². The number of ether oxygens (including phenoxy) is 1. The molecule has 0 aromatic carbocycles. The molecule has 0 N–H and O–H groups in total. The normalized spacial score (nSPS) is 35.3. The summed E-state index contributed by atoms with van der Waals surface area (Å²) in [6, 6.07) is 0. The maximum absolute atomic E-state index is 6.09. The minimum Gasteiger partial charge on any atom is -0.372 e. The molecule has 2 heteroatoms. The predicted octanol–water partition coefficient (Wildman–Crippen LogP) is 3.80. The second kappa shape index (κ2) is 4.96. The third kappa shape index (κ3) is 3.39. The van der Waals surface area contributed by atoms with Gasteiger partial charge in [0.2, 0.25) is 0 Å². The Labute approximate surface area is 95.8 Å². The standard InChI is InChI=1S/C11H21IO/c1-9(2)13-11(8-12)6-4-5-10(3)7-11/h9-10H,4-8H2,1-3H3. The third-order valence-corrected chi connectivity index (χ3v) is 4.17. The Hall–Kier alpha value is 0.690. The summed E-state index contributed by atoms with van der Waals surface area (Å²) in [5.74, 6) is 0.849. The monoisotopic (exact) mass is 296 g/mol. The van der Waals surface area contributed by atoms with Crippen LogP contribution in [0.4, 0.5) is 0 Å². The molecule has 13 heavy (non-hydrogen) atoms. The first-order chi connectivity index (χ1) is 6.08. The quantitative estimate of drug-likeness (QED) is 0.568. The van der Waals surface area contributed by atoms with Crippen molar-refractivity contribution in [2.75, 3.05) is 4.43 Å². The highest BCUT2D eigenvalue weighted by Gasteiger charge is 2.35. The Morgan fingerprint density at radius 1 is 1.54 bits per heavy atom. The average molecular weight is 296 g/mol. The highest BCUT2D eigenvalue weighted by Crippen LogP contribution is 2.37. The van der Waals surface area contributed by atoms with E-state index in [0.29, 0.717) is 6.10 Å². The smallest absolute Gasteiger partial charge is 0.0777 e. The van der Waals surface area contributed by atoms with Gasteiger partial charge in [-0.15, -0.1) is 0 Å². The molecule has 0 spiro atoms. The summed E-state index contributed by atoms with van der Waals surface area (Å²) >= 11 is 2.48. The van der Waals surface area contributed by atoms with Crippen molar-refractivity contribution in [3.8, 4) is 0 Å². The molecule has 1 saturated carbocycles. The van der Waals surface area contributed by atoms with Crippen molar-refractivity contribution in [3.63, 3.8) is 0 Å². The van der Waals surface area contributed by atoms with Crippen molar-refractivity contribution in [2.45, 2.75) is 58.2 Å². The largest absolute Gasteiger partial charge is 0.372 e. The molecular formula is C11H21IO. The summed E-state index contributed by atoms with van der Waals surface area (Å²) in [7, 11) is 0. The van der Waals surface area contributed by atoms with Gasteiger partial charge in [-0.25, -0.2) is 0 Å². The minimum absolute atomic E-state index is 0.201. The lowest BCUT2D eigenvalue weighted by molar-refractivity contribution is -0.0924. The molecule has 0 aromatic rings. The lowest BCUT2D eigenvalue weighted by Crippen LogP contribution is -2.41. The van der Waals surface area contributed by atoms with Crippen LogP contribution in [0.25, 0.3) is 0 Å². The molecule has 78 valence electrons. The Bertz CT molecular complexity index is 154. The van der Waals surface area contributed by atoms with E-state index in [4.69, 9.17) is 4.74 Å². The second-order valence-electron chi connectivity index (χ2n) is 4.68. The van der Waals surface area contributed by atoms with Crippen LogP contribution in [0.2, 0.25) is 0 Å². The van der Waals surface area contributed by atoms with Gasteiger partial charge in [0.05, 0.1) is 11.7 Å².